The van der Waals surface area contributed by atoms with E-state index in [2.05, 4.69) is 27.6 Å². The highest BCUT2D eigenvalue weighted by atomic mass is 32.1. The second kappa shape index (κ2) is 5.79. The Bertz CT molecular complexity index is 586. The molecule has 20 heavy (non-hydrogen) atoms. The van der Waals surface area contributed by atoms with Crippen LogP contribution in [0, 0.1) is 6.92 Å². The lowest BCUT2D eigenvalue weighted by Gasteiger charge is -2.13. The molecule has 1 saturated carbocycles. The molecule has 6 heteroatoms. The molecule has 2 aromatic rings. The number of aromatic nitrogens is 2. The number of hydrogen-bond acceptors (Lipinski definition) is 6. The van der Waals surface area contributed by atoms with Gasteiger partial charge in [-0.2, -0.15) is 0 Å². The molecule has 3 rings (SSSR count). The van der Waals surface area contributed by atoms with E-state index in [0.717, 1.165) is 28.9 Å². The van der Waals surface area contributed by atoms with Gasteiger partial charge >= 0.3 is 0 Å². The molecule has 1 N–H and O–H groups in total. The second-order valence-electron chi connectivity index (χ2n) is 5.32. The molecule has 0 amide bonds. The fourth-order valence-electron chi connectivity index (χ4n) is 2.27. The first kappa shape index (κ1) is 14.0. The van der Waals surface area contributed by atoms with Crippen LogP contribution in [0.3, 0.4) is 0 Å². The third kappa shape index (κ3) is 3.02. The van der Waals surface area contributed by atoms with Gasteiger partial charge in [0, 0.05) is 29.8 Å². The van der Waals surface area contributed by atoms with Crippen LogP contribution in [-0.4, -0.2) is 24.1 Å². The van der Waals surface area contributed by atoms with Crippen LogP contribution in [0.25, 0.3) is 0 Å². The van der Waals surface area contributed by atoms with Gasteiger partial charge in [0.15, 0.2) is 5.13 Å². The van der Waals surface area contributed by atoms with Crippen molar-refractivity contribution in [3.63, 3.8) is 0 Å². The maximum atomic E-state index is 4.87. The summed E-state index contributed by atoms with van der Waals surface area (Å²) in [6.45, 7) is 3.81. The topological polar surface area (TPSA) is 41.0 Å². The van der Waals surface area contributed by atoms with Crippen molar-refractivity contribution in [2.45, 2.75) is 38.8 Å². The third-order valence-electron chi connectivity index (χ3n) is 3.41. The first-order valence-electron chi connectivity index (χ1n) is 6.93. The SMILES string of the molecule is CNCc1sc(N(C)Cc2csc(C)n2)nc1C1CC1. The molecule has 0 aliphatic heterocycles. The molecule has 1 aliphatic rings. The van der Waals surface area contributed by atoms with E-state index in [9.17, 15) is 0 Å². The van der Waals surface area contributed by atoms with E-state index in [1.54, 1.807) is 11.3 Å². The zero-order valence-electron chi connectivity index (χ0n) is 12.1. The van der Waals surface area contributed by atoms with Gasteiger partial charge in [0.2, 0.25) is 0 Å². The third-order valence-corrected chi connectivity index (χ3v) is 5.42. The summed E-state index contributed by atoms with van der Waals surface area (Å²) in [6, 6.07) is 0. The Labute approximate surface area is 127 Å². The molecule has 108 valence electrons. The summed E-state index contributed by atoms with van der Waals surface area (Å²) in [5.74, 6) is 0.707. The van der Waals surface area contributed by atoms with Gasteiger partial charge in [0.25, 0.3) is 0 Å². The lowest BCUT2D eigenvalue weighted by Crippen LogP contribution is -2.16. The summed E-state index contributed by atoms with van der Waals surface area (Å²) in [6.07, 6.45) is 2.60. The van der Waals surface area contributed by atoms with Gasteiger partial charge in [-0.05, 0) is 26.8 Å². The molecule has 0 spiro atoms. The molecule has 0 aromatic carbocycles. The predicted molar refractivity (Wildman–Crippen MR) is 85.8 cm³/mol. The number of anilines is 1. The van der Waals surface area contributed by atoms with Gasteiger partial charge in [0.1, 0.15) is 0 Å². The summed E-state index contributed by atoms with van der Waals surface area (Å²) in [5, 5.41) is 7.63. The van der Waals surface area contributed by atoms with Gasteiger partial charge < -0.3 is 10.2 Å². The van der Waals surface area contributed by atoms with Crippen LogP contribution in [0.1, 0.15) is 40.0 Å². The van der Waals surface area contributed by atoms with E-state index in [0.29, 0.717) is 5.92 Å². The number of hydrogen-bond donors (Lipinski definition) is 1. The average molecular weight is 308 g/mol. The summed E-state index contributed by atoms with van der Waals surface area (Å²) >= 11 is 3.52. The zero-order valence-corrected chi connectivity index (χ0v) is 13.8. The molecule has 2 aromatic heterocycles. The highest BCUT2D eigenvalue weighted by Crippen LogP contribution is 2.44. The lowest BCUT2D eigenvalue weighted by atomic mass is 10.2. The van der Waals surface area contributed by atoms with Crippen molar-refractivity contribution in [3.05, 3.63) is 26.7 Å². The van der Waals surface area contributed by atoms with Crippen LogP contribution in [0.2, 0.25) is 0 Å². The number of nitrogens with zero attached hydrogens (tertiary/aromatic N) is 3. The van der Waals surface area contributed by atoms with Gasteiger partial charge in [0.05, 0.1) is 22.9 Å². The monoisotopic (exact) mass is 308 g/mol. The first-order chi connectivity index (χ1) is 9.67. The van der Waals surface area contributed by atoms with Crippen LogP contribution in [0.15, 0.2) is 5.38 Å². The highest BCUT2D eigenvalue weighted by molar-refractivity contribution is 7.15. The molecule has 2 heterocycles. The van der Waals surface area contributed by atoms with E-state index >= 15 is 0 Å². The molecule has 0 unspecified atom stereocenters. The van der Waals surface area contributed by atoms with Crippen LogP contribution >= 0.6 is 22.7 Å². The Balaban J connectivity index is 1.76. The molecule has 1 fully saturated rings. The standard InChI is InChI=1S/C14H20N4S2/c1-9-16-11(8-19-9)7-18(3)14-17-13(10-4-5-10)12(20-14)6-15-2/h8,10,15H,4-7H2,1-3H3. The van der Waals surface area contributed by atoms with Crippen LogP contribution < -0.4 is 10.2 Å². The molecule has 0 atom stereocenters. The number of rotatable bonds is 6. The largest absolute Gasteiger partial charge is 0.345 e. The predicted octanol–water partition coefficient (Wildman–Crippen LogP) is 3.14. The molecule has 4 nitrogen and oxygen atoms in total. The quantitative estimate of drug-likeness (QED) is 0.890. The van der Waals surface area contributed by atoms with Gasteiger partial charge in [-0.25, -0.2) is 9.97 Å². The van der Waals surface area contributed by atoms with Crippen molar-refractivity contribution in [3.8, 4) is 0 Å². The number of thiazole rings is 2. The highest BCUT2D eigenvalue weighted by Gasteiger charge is 2.30. The van der Waals surface area contributed by atoms with Gasteiger partial charge in [-0.15, -0.1) is 22.7 Å². The lowest BCUT2D eigenvalue weighted by molar-refractivity contribution is 0.811. The van der Waals surface area contributed by atoms with Crippen LogP contribution in [0.5, 0.6) is 0 Å². The van der Waals surface area contributed by atoms with E-state index in [-0.39, 0.29) is 0 Å². The number of aryl methyl sites for hydroxylation is 1. The molecule has 0 radical (unpaired) electrons. The summed E-state index contributed by atoms with van der Waals surface area (Å²) < 4.78 is 0. The minimum absolute atomic E-state index is 0.707. The molecular formula is C14H20N4S2. The van der Waals surface area contributed by atoms with Crippen LogP contribution in [-0.2, 0) is 13.1 Å². The molecular weight excluding hydrogens is 288 g/mol. The van der Waals surface area contributed by atoms with E-state index < -0.39 is 0 Å². The van der Waals surface area contributed by atoms with Crippen molar-refractivity contribution >= 4 is 27.8 Å². The van der Waals surface area contributed by atoms with Crippen molar-refractivity contribution in [1.29, 1.82) is 0 Å². The zero-order chi connectivity index (χ0) is 14.1. The average Bonchev–Trinajstić information content (AvgIpc) is 3.05. The fraction of sp³-hybridized carbons (Fsp3) is 0.571. The summed E-state index contributed by atoms with van der Waals surface area (Å²) in [4.78, 5) is 13.0. The Morgan fingerprint density at radius 3 is 2.80 bits per heavy atom. The first-order valence-corrected chi connectivity index (χ1v) is 8.63. The fourth-order valence-corrected chi connectivity index (χ4v) is 3.99. The Hall–Kier alpha value is -0.980. The Morgan fingerprint density at radius 1 is 1.40 bits per heavy atom. The maximum Gasteiger partial charge on any atom is 0.185 e. The number of nitrogens with one attached hydrogen (secondary N) is 1. The molecule has 0 bridgehead atoms. The van der Waals surface area contributed by atoms with Crippen molar-refractivity contribution in [2.75, 3.05) is 19.0 Å². The second-order valence-corrected chi connectivity index (χ2v) is 7.45. The van der Waals surface area contributed by atoms with Crippen molar-refractivity contribution in [2.24, 2.45) is 0 Å². The maximum absolute atomic E-state index is 4.87. The Kier molecular flexibility index (Phi) is 4.05. The molecule has 1 aliphatic carbocycles. The van der Waals surface area contributed by atoms with Crippen molar-refractivity contribution in [1.82, 2.24) is 15.3 Å². The Morgan fingerprint density at radius 2 is 2.20 bits per heavy atom. The van der Waals surface area contributed by atoms with Gasteiger partial charge in [-0.1, -0.05) is 0 Å². The minimum atomic E-state index is 0.707. The molecule has 0 saturated heterocycles. The van der Waals surface area contributed by atoms with E-state index in [1.807, 2.05) is 25.3 Å². The van der Waals surface area contributed by atoms with Crippen molar-refractivity contribution < 1.29 is 0 Å². The smallest absolute Gasteiger partial charge is 0.185 e. The van der Waals surface area contributed by atoms with E-state index in [4.69, 9.17) is 4.98 Å². The van der Waals surface area contributed by atoms with E-state index in [1.165, 1.54) is 23.4 Å². The summed E-state index contributed by atoms with van der Waals surface area (Å²) in [7, 11) is 4.10. The summed E-state index contributed by atoms with van der Waals surface area (Å²) in [5.41, 5.74) is 2.45. The van der Waals surface area contributed by atoms with Crippen LogP contribution in [0.4, 0.5) is 5.13 Å². The van der Waals surface area contributed by atoms with Gasteiger partial charge in [-0.3, -0.25) is 0 Å². The minimum Gasteiger partial charge on any atom is -0.345 e. The normalized spacial score (nSPS) is 14.8.